The van der Waals surface area contributed by atoms with Gasteiger partial charge in [0.1, 0.15) is 11.9 Å². The number of hydrogen-bond acceptors (Lipinski definition) is 7. The molecule has 0 aromatic heterocycles. The molecule has 0 aliphatic carbocycles. The van der Waals surface area contributed by atoms with Gasteiger partial charge in [0.05, 0.1) is 23.7 Å². The van der Waals surface area contributed by atoms with Crippen molar-refractivity contribution in [1.82, 2.24) is 4.90 Å². The number of aliphatic imine (C=N–C) groups is 1. The predicted molar refractivity (Wildman–Crippen MR) is 110 cm³/mol. The molecule has 1 aliphatic heterocycles. The average Bonchev–Trinajstić information content (AvgIpc) is 2.98. The zero-order chi connectivity index (χ0) is 21.8. The fraction of sp³-hybridized carbons (Fsp3) is 0.190. The van der Waals surface area contributed by atoms with Crippen LogP contribution in [-0.4, -0.2) is 42.2 Å². The molecule has 0 unspecified atom stereocenters. The Morgan fingerprint density at radius 2 is 1.93 bits per heavy atom. The summed E-state index contributed by atoms with van der Waals surface area (Å²) in [5, 5.41) is 11.3. The van der Waals surface area contributed by atoms with Crippen LogP contribution in [0.5, 0.6) is 11.5 Å². The van der Waals surface area contributed by atoms with Gasteiger partial charge in [-0.2, -0.15) is 0 Å². The van der Waals surface area contributed by atoms with E-state index in [0.29, 0.717) is 27.1 Å². The lowest BCUT2D eigenvalue weighted by atomic mass is 10.2. The van der Waals surface area contributed by atoms with Crippen molar-refractivity contribution in [2.75, 3.05) is 14.2 Å². The zero-order valence-electron chi connectivity index (χ0n) is 16.4. The smallest absolute Gasteiger partial charge is 0.266 e. The Morgan fingerprint density at radius 3 is 2.57 bits per heavy atom. The van der Waals surface area contributed by atoms with Crippen molar-refractivity contribution in [3.8, 4) is 11.5 Å². The van der Waals surface area contributed by atoms with Crippen molar-refractivity contribution in [2.45, 2.75) is 13.0 Å². The summed E-state index contributed by atoms with van der Waals surface area (Å²) in [7, 11) is 3.04. The number of carbonyl (C=O) groups is 2. The van der Waals surface area contributed by atoms with Gasteiger partial charge in [0.15, 0.2) is 16.7 Å². The molecular formula is C21H18FN2O5S-. The average molecular weight is 429 g/mol. The first-order valence-electron chi connectivity index (χ1n) is 8.86. The van der Waals surface area contributed by atoms with Crippen LogP contribution in [0.25, 0.3) is 6.08 Å². The monoisotopic (exact) mass is 429 g/mol. The third-order valence-corrected chi connectivity index (χ3v) is 5.24. The number of nitrogens with zero attached hydrogens (tertiary/aromatic N) is 2. The number of rotatable bonds is 6. The molecule has 0 spiro atoms. The van der Waals surface area contributed by atoms with Crippen LogP contribution < -0.4 is 14.6 Å². The van der Waals surface area contributed by atoms with E-state index in [9.17, 15) is 19.1 Å². The van der Waals surface area contributed by atoms with Gasteiger partial charge in [0.2, 0.25) is 0 Å². The van der Waals surface area contributed by atoms with Crippen LogP contribution in [0, 0.1) is 5.82 Å². The summed E-state index contributed by atoms with van der Waals surface area (Å²) in [4.78, 5) is 29.7. The quantitative estimate of drug-likeness (QED) is 0.656. The lowest BCUT2D eigenvalue weighted by Gasteiger charge is -2.17. The van der Waals surface area contributed by atoms with Gasteiger partial charge in [0, 0.05) is 7.05 Å². The maximum Gasteiger partial charge on any atom is 0.266 e. The molecule has 1 amide bonds. The van der Waals surface area contributed by atoms with Crippen LogP contribution in [0.1, 0.15) is 12.5 Å². The van der Waals surface area contributed by atoms with Crippen molar-refractivity contribution < 1.29 is 28.6 Å². The van der Waals surface area contributed by atoms with Gasteiger partial charge in [-0.1, -0.05) is 6.07 Å². The number of amides is 1. The molecule has 0 saturated carbocycles. The highest BCUT2D eigenvalue weighted by Crippen LogP contribution is 2.35. The first-order chi connectivity index (χ1) is 14.3. The summed E-state index contributed by atoms with van der Waals surface area (Å²) in [5.41, 5.74) is 1.19. The third-order valence-electron chi connectivity index (χ3n) is 4.18. The van der Waals surface area contributed by atoms with Gasteiger partial charge in [-0.25, -0.2) is 9.38 Å². The van der Waals surface area contributed by atoms with Gasteiger partial charge >= 0.3 is 0 Å². The SMILES string of the molecule is COc1cc(/C=C2\SC(=Nc3ccc(F)cc3)N(C)C2=O)ccc1O[C@H](C)C(=O)[O-]. The lowest BCUT2D eigenvalue weighted by Crippen LogP contribution is -2.37. The van der Waals surface area contributed by atoms with Gasteiger partial charge in [-0.3, -0.25) is 9.69 Å². The fourth-order valence-electron chi connectivity index (χ4n) is 2.54. The number of amidine groups is 1. The minimum absolute atomic E-state index is 0.231. The minimum Gasteiger partial charge on any atom is -0.546 e. The number of carboxylic acids is 1. The standard InChI is InChI=1S/C21H19FN2O5S/c1-12(20(26)27)29-16-9-4-13(10-17(16)28-3)11-18-19(25)24(2)21(30-18)23-15-7-5-14(22)6-8-15/h4-12H,1-3H3,(H,26,27)/p-1/b18-11-,23-21?/t12-/m1/s1. The van der Waals surface area contributed by atoms with E-state index in [1.807, 2.05) is 0 Å². The molecule has 1 aliphatic rings. The minimum atomic E-state index is -1.34. The maximum absolute atomic E-state index is 13.1. The Bertz CT molecular complexity index is 1040. The molecule has 0 N–H and O–H groups in total. The van der Waals surface area contributed by atoms with Gasteiger partial charge in [-0.15, -0.1) is 0 Å². The molecule has 2 aromatic rings. The van der Waals surface area contributed by atoms with Crippen LogP contribution in [-0.2, 0) is 9.59 Å². The van der Waals surface area contributed by atoms with Crippen LogP contribution in [0.4, 0.5) is 10.1 Å². The summed E-state index contributed by atoms with van der Waals surface area (Å²) in [6.07, 6.45) is 0.527. The number of halogens is 1. The zero-order valence-corrected chi connectivity index (χ0v) is 17.2. The molecule has 1 fully saturated rings. The second-order valence-corrected chi connectivity index (χ2v) is 7.34. The Kier molecular flexibility index (Phi) is 6.41. The van der Waals surface area contributed by atoms with E-state index >= 15 is 0 Å². The van der Waals surface area contributed by atoms with E-state index in [4.69, 9.17) is 9.47 Å². The van der Waals surface area contributed by atoms with Crippen molar-refractivity contribution in [2.24, 2.45) is 4.99 Å². The summed E-state index contributed by atoms with van der Waals surface area (Å²) >= 11 is 1.19. The number of likely N-dealkylation sites (N-methyl/N-ethyl adjacent to an activating group) is 1. The van der Waals surface area contributed by atoms with E-state index < -0.39 is 12.1 Å². The summed E-state index contributed by atoms with van der Waals surface area (Å²) < 4.78 is 23.6. The third kappa shape index (κ3) is 4.80. The van der Waals surface area contributed by atoms with Crippen molar-refractivity contribution in [3.05, 3.63) is 58.8 Å². The molecule has 1 atom stereocenters. The second kappa shape index (κ2) is 9.00. The van der Waals surface area contributed by atoms with E-state index in [-0.39, 0.29) is 17.5 Å². The number of thioether (sulfide) groups is 1. The summed E-state index contributed by atoms with van der Waals surface area (Å²) in [6.45, 7) is 1.36. The van der Waals surface area contributed by atoms with E-state index in [1.54, 1.807) is 31.3 Å². The summed E-state index contributed by atoms with van der Waals surface area (Å²) in [6, 6.07) is 10.5. The van der Waals surface area contributed by atoms with Crippen LogP contribution in [0.15, 0.2) is 52.4 Å². The first-order valence-corrected chi connectivity index (χ1v) is 9.67. The molecule has 2 aromatic carbocycles. The number of hydrogen-bond donors (Lipinski definition) is 0. The van der Waals surface area contributed by atoms with Gasteiger partial charge in [0.25, 0.3) is 5.91 Å². The Morgan fingerprint density at radius 1 is 1.23 bits per heavy atom. The van der Waals surface area contributed by atoms with Crippen LogP contribution in [0.2, 0.25) is 0 Å². The molecule has 9 heteroatoms. The molecule has 0 radical (unpaired) electrons. The Balaban J connectivity index is 1.84. The molecule has 1 saturated heterocycles. The molecule has 30 heavy (non-hydrogen) atoms. The number of ether oxygens (including phenoxy) is 2. The largest absolute Gasteiger partial charge is 0.546 e. The predicted octanol–water partition coefficient (Wildman–Crippen LogP) is 2.59. The van der Waals surface area contributed by atoms with Crippen LogP contribution >= 0.6 is 11.8 Å². The molecule has 1 heterocycles. The van der Waals surface area contributed by atoms with Crippen molar-refractivity contribution >= 4 is 40.6 Å². The Hall–Kier alpha value is -3.33. The highest BCUT2D eigenvalue weighted by atomic mass is 32.2. The number of carbonyl (C=O) groups excluding carboxylic acids is 2. The molecule has 156 valence electrons. The van der Waals surface area contributed by atoms with Crippen LogP contribution in [0.3, 0.4) is 0 Å². The number of benzene rings is 2. The van der Waals surface area contributed by atoms with Gasteiger partial charge in [-0.05, 0) is 66.7 Å². The second-order valence-electron chi connectivity index (χ2n) is 6.34. The number of carboxylic acid groups (broad SMARTS) is 1. The number of methoxy groups -OCH3 is 1. The Labute approximate surface area is 176 Å². The van der Waals surface area contributed by atoms with Crippen molar-refractivity contribution in [1.29, 1.82) is 0 Å². The van der Waals surface area contributed by atoms with E-state index in [2.05, 4.69) is 4.99 Å². The fourth-order valence-corrected chi connectivity index (χ4v) is 3.53. The highest BCUT2D eigenvalue weighted by Gasteiger charge is 2.30. The van der Waals surface area contributed by atoms with Gasteiger partial charge < -0.3 is 19.4 Å². The first kappa shape index (κ1) is 21.4. The summed E-state index contributed by atoms with van der Waals surface area (Å²) in [5.74, 6) is -1.37. The highest BCUT2D eigenvalue weighted by molar-refractivity contribution is 8.18. The molecule has 0 bridgehead atoms. The van der Waals surface area contributed by atoms with E-state index in [0.717, 1.165) is 0 Å². The van der Waals surface area contributed by atoms with E-state index in [1.165, 1.54) is 55.0 Å². The lowest BCUT2D eigenvalue weighted by molar-refractivity contribution is -0.312. The molecule has 7 nitrogen and oxygen atoms in total. The topological polar surface area (TPSA) is 91.3 Å². The number of aliphatic carboxylic acids is 1. The maximum atomic E-state index is 13.1. The normalized spacial score (nSPS) is 17.5. The molecular weight excluding hydrogens is 411 g/mol. The van der Waals surface area contributed by atoms with Crippen molar-refractivity contribution in [3.63, 3.8) is 0 Å². The molecule has 3 rings (SSSR count).